The van der Waals surface area contributed by atoms with Crippen molar-refractivity contribution < 1.29 is 4.74 Å². The molecule has 0 spiro atoms. The van der Waals surface area contributed by atoms with E-state index in [0.717, 1.165) is 55.1 Å². The second-order valence-corrected chi connectivity index (χ2v) is 5.63. The van der Waals surface area contributed by atoms with Gasteiger partial charge < -0.3 is 14.6 Å². The predicted octanol–water partition coefficient (Wildman–Crippen LogP) is 3.00. The Morgan fingerprint density at radius 3 is 2.85 bits per heavy atom. The summed E-state index contributed by atoms with van der Waals surface area (Å²) >= 11 is 1.68. The summed E-state index contributed by atoms with van der Waals surface area (Å²) in [4.78, 5) is 8.97. The van der Waals surface area contributed by atoms with Gasteiger partial charge in [-0.05, 0) is 27.2 Å². The summed E-state index contributed by atoms with van der Waals surface area (Å²) in [6, 6.07) is 0. The van der Waals surface area contributed by atoms with Crippen molar-refractivity contribution in [2.24, 2.45) is 0 Å². The fourth-order valence-electron chi connectivity index (χ4n) is 1.98. The number of thiazole rings is 1. The summed E-state index contributed by atoms with van der Waals surface area (Å²) in [5, 5.41) is 6.52. The second-order valence-electron chi connectivity index (χ2n) is 4.69. The quantitative estimate of drug-likeness (QED) is 0.760. The third-order valence-corrected chi connectivity index (χ3v) is 3.82. The maximum absolute atomic E-state index is 5.37. The Balaban J connectivity index is 1.89. The molecule has 0 amide bonds. The highest BCUT2D eigenvalue weighted by Gasteiger charge is 2.06. The van der Waals surface area contributed by atoms with Crippen molar-refractivity contribution in [3.8, 4) is 0 Å². The fourth-order valence-corrected chi connectivity index (χ4v) is 2.69. The molecular formula is C14H22N4OS. The molecule has 0 aliphatic rings. The molecule has 0 aliphatic carbocycles. The first-order chi connectivity index (χ1) is 9.69. The molecule has 0 bridgehead atoms. The molecule has 2 aromatic heterocycles. The number of aromatic nitrogens is 3. The molecule has 1 N–H and O–H groups in total. The molecule has 0 saturated heterocycles. The van der Waals surface area contributed by atoms with Gasteiger partial charge in [-0.3, -0.25) is 0 Å². The molecule has 0 unspecified atom stereocenters. The van der Waals surface area contributed by atoms with Crippen LogP contribution < -0.4 is 5.32 Å². The lowest BCUT2D eigenvalue weighted by Crippen LogP contribution is -2.08. The molecule has 0 fully saturated rings. The number of hydrogen-bond donors (Lipinski definition) is 1. The molecule has 5 nitrogen and oxygen atoms in total. The molecule has 0 aromatic carbocycles. The first-order valence-corrected chi connectivity index (χ1v) is 7.83. The summed E-state index contributed by atoms with van der Waals surface area (Å²) < 4.78 is 7.52. The Morgan fingerprint density at radius 2 is 2.15 bits per heavy atom. The van der Waals surface area contributed by atoms with E-state index in [1.807, 2.05) is 20.8 Å². The third kappa shape index (κ3) is 4.31. The summed E-state index contributed by atoms with van der Waals surface area (Å²) in [7, 11) is 0. The lowest BCUT2D eigenvalue weighted by Gasteiger charge is -2.08. The zero-order valence-electron chi connectivity index (χ0n) is 12.3. The molecule has 0 aliphatic heterocycles. The minimum atomic E-state index is 0.723. The highest BCUT2D eigenvalue weighted by Crippen LogP contribution is 2.13. The zero-order chi connectivity index (χ0) is 14.4. The Labute approximate surface area is 124 Å². The van der Waals surface area contributed by atoms with Gasteiger partial charge in [0.15, 0.2) is 0 Å². The Hall–Kier alpha value is -1.40. The van der Waals surface area contributed by atoms with Gasteiger partial charge >= 0.3 is 0 Å². The maximum Gasteiger partial charge on any atom is 0.203 e. The van der Waals surface area contributed by atoms with E-state index in [1.165, 1.54) is 0 Å². The highest BCUT2D eigenvalue weighted by atomic mass is 32.1. The van der Waals surface area contributed by atoms with Crippen LogP contribution in [0.1, 0.15) is 29.7 Å². The van der Waals surface area contributed by atoms with Crippen molar-refractivity contribution in [1.82, 2.24) is 14.5 Å². The first kappa shape index (κ1) is 15.0. The lowest BCUT2D eigenvalue weighted by molar-refractivity contribution is 0.142. The van der Waals surface area contributed by atoms with Crippen LogP contribution in [0.4, 0.5) is 5.95 Å². The van der Waals surface area contributed by atoms with E-state index in [-0.39, 0.29) is 0 Å². The van der Waals surface area contributed by atoms with E-state index in [2.05, 4.69) is 31.4 Å². The predicted molar refractivity (Wildman–Crippen MR) is 82.3 cm³/mol. The van der Waals surface area contributed by atoms with Crippen molar-refractivity contribution in [2.45, 2.75) is 40.3 Å². The average molecular weight is 294 g/mol. The number of nitrogens with zero attached hydrogens (tertiary/aromatic N) is 3. The number of ether oxygens (including phenoxy) is 1. The normalized spacial score (nSPS) is 10.9. The second kappa shape index (κ2) is 7.40. The molecule has 2 rings (SSSR count). The van der Waals surface area contributed by atoms with Gasteiger partial charge in [0.05, 0.1) is 12.2 Å². The molecule has 20 heavy (non-hydrogen) atoms. The lowest BCUT2D eigenvalue weighted by atomic mass is 10.4. The number of hydrogen-bond acceptors (Lipinski definition) is 5. The van der Waals surface area contributed by atoms with Crippen LogP contribution >= 0.6 is 11.3 Å². The van der Waals surface area contributed by atoms with Gasteiger partial charge in [0.25, 0.3) is 0 Å². The molecule has 2 heterocycles. The van der Waals surface area contributed by atoms with Gasteiger partial charge in [0.1, 0.15) is 5.01 Å². The van der Waals surface area contributed by atoms with Crippen LogP contribution in [0.25, 0.3) is 0 Å². The molecule has 0 atom stereocenters. The zero-order valence-corrected chi connectivity index (χ0v) is 13.2. The Bertz CT molecular complexity index is 535. The summed E-state index contributed by atoms with van der Waals surface area (Å²) in [5.41, 5.74) is 2.10. The Kier molecular flexibility index (Phi) is 5.55. The van der Waals surface area contributed by atoms with Crippen LogP contribution in [0.3, 0.4) is 0 Å². The van der Waals surface area contributed by atoms with Crippen molar-refractivity contribution in [1.29, 1.82) is 0 Å². The van der Waals surface area contributed by atoms with Crippen molar-refractivity contribution in [3.63, 3.8) is 0 Å². The van der Waals surface area contributed by atoms with Crippen molar-refractivity contribution in [2.75, 3.05) is 18.5 Å². The van der Waals surface area contributed by atoms with E-state index in [0.29, 0.717) is 0 Å². The number of anilines is 1. The largest absolute Gasteiger partial charge is 0.382 e. The third-order valence-electron chi connectivity index (χ3n) is 2.85. The SMILES string of the molecule is CCOCCCn1cc(C)nc1NCc1nc(C)cs1. The van der Waals surface area contributed by atoms with Crippen LogP contribution in [0.15, 0.2) is 11.6 Å². The van der Waals surface area contributed by atoms with E-state index in [4.69, 9.17) is 4.74 Å². The van der Waals surface area contributed by atoms with E-state index in [9.17, 15) is 0 Å². The number of nitrogens with one attached hydrogen (secondary N) is 1. The van der Waals surface area contributed by atoms with Crippen molar-refractivity contribution in [3.05, 3.63) is 28.0 Å². The van der Waals surface area contributed by atoms with Gasteiger partial charge in [-0.15, -0.1) is 11.3 Å². The van der Waals surface area contributed by atoms with Gasteiger partial charge in [0, 0.05) is 37.0 Å². The maximum atomic E-state index is 5.37. The standard InChI is InChI=1S/C14H22N4OS/c1-4-19-7-5-6-18-9-11(2)17-14(18)15-8-13-16-12(3)10-20-13/h9-10H,4-8H2,1-3H3,(H,15,17). The topological polar surface area (TPSA) is 52.0 Å². The van der Waals surface area contributed by atoms with Gasteiger partial charge in [-0.1, -0.05) is 0 Å². The minimum Gasteiger partial charge on any atom is -0.382 e. The first-order valence-electron chi connectivity index (χ1n) is 6.95. The number of rotatable bonds is 8. The van der Waals surface area contributed by atoms with E-state index in [1.54, 1.807) is 11.3 Å². The average Bonchev–Trinajstić information content (AvgIpc) is 2.98. The summed E-state index contributed by atoms with van der Waals surface area (Å²) in [6.07, 6.45) is 3.07. The van der Waals surface area contributed by atoms with Gasteiger partial charge in [-0.2, -0.15) is 0 Å². The highest BCUT2D eigenvalue weighted by molar-refractivity contribution is 7.09. The van der Waals surface area contributed by atoms with Crippen LogP contribution in [0, 0.1) is 13.8 Å². The van der Waals surface area contributed by atoms with E-state index < -0.39 is 0 Å². The van der Waals surface area contributed by atoms with E-state index >= 15 is 0 Å². The minimum absolute atomic E-state index is 0.723. The van der Waals surface area contributed by atoms with Gasteiger partial charge in [0.2, 0.25) is 5.95 Å². The fraction of sp³-hybridized carbons (Fsp3) is 0.571. The Morgan fingerprint density at radius 1 is 1.30 bits per heavy atom. The molecular weight excluding hydrogens is 272 g/mol. The smallest absolute Gasteiger partial charge is 0.203 e. The van der Waals surface area contributed by atoms with Crippen LogP contribution in [-0.4, -0.2) is 27.7 Å². The van der Waals surface area contributed by atoms with Crippen LogP contribution in [-0.2, 0) is 17.8 Å². The molecule has 0 radical (unpaired) electrons. The summed E-state index contributed by atoms with van der Waals surface area (Å²) in [5.74, 6) is 0.909. The van der Waals surface area contributed by atoms with Crippen LogP contribution in [0.5, 0.6) is 0 Å². The number of imidazole rings is 1. The molecule has 2 aromatic rings. The molecule has 0 saturated carbocycles. The molecule has 110 valence electrons. The summed E-state index contributed by atoms with van der Waals surface area (Å²) in [6.45, 7) is 9.25. The number of aryl methyl sites for hydroxylation is 3. The van der Waals surface area contributed by atoms with Gasteiger partial charge in [-0.25, -0.2) is 9.97 Å². The van der Waals surface area contributed by atoms with Crippen molar-refractivity contribution >= 4 is 17.3 Å². The monoisotopic (exact) mass is 294 g/mol. The van der Waals surface area contributed by atoms with Crippen LogP contribution in [0.2, 0.25) is 0 Å². The molecule has 6 heteroatoms.